The molecule has 10 rings (SSSR count). The van der Waals surface area contributed by atoms with Crippen LogP contribution < -0.4 is 10.4 Å². The van der Waals surface area contributed by atoms with Gasteiger partial charge in [-0.05, 0) is 152 Å². The lowest BCUT2D eigenvalue weighted by Crippen LogP contribution is -2.17. The quantitative estimate of drug-likeness (QED) is 0.164. The summed E-state index contributed by atoms with van der Waals surface area (Å²) in [4.78, 5) is 2.77. The van der Waals surface area contributed by atoms with Gasteiger partial charge < -0.3 is 0 Å². The molecule has 0 spiro atoms. The van der Waals surface area contributed by atoms with E-state index in [1.807, 2.05) is 24.3 Å². The molecule has 1 N–H and O–H groups in total. The molecular formula is C52H47O3S2+. The van der Waals surface area contributed by atoms with Crippen molar-refractivity contribution >= 4 is 53.7 Å². The molecule has 57 heavy (non-hydrogen) atoms. The summed E-state index contributed by atoms with van der Waals surface area (Å²) in [5, 5.41) is 4.16. The molecule has 6 aromatic carbocycles. The topological polar surface area (TPSA) is 55.5 Å². The van der Waals surface area contributed by atoms with Gasteiger partial charge in [0.25, 0.3) is 10.8 Å². The minimum absolute atomic E-state index is 0.000374. The highest BCUT2D eigenvalue weighted by molar-refractivity contribution is 7.96. The van der Waals surface area contributed by atoms with Gasteiger partial charge in [-0.15, -0.1) is 0 Å². The number of sulfone groups is 1. The predicted octanol–water partition coefficient (Wildman–Crippen LogP) is 10.7. The van der Waals surface area contributed by atoms with Crippen LogP contribution in [0.2, 0.25) is 0 Å². The Morgan fingerprint density at radius 1 is 0.509 bits per heavy atom. The summed E-state index contributed by atoms with van der Waals surface area (Å²) in [7, 11) is -4.91. The van der Waals surface area contributed by atoms with Gasteiger partial charge in [-0.2, -0.15) is 0 Å². The summed E-state index contributed by atoms with van der Waals surface area (Å²) in [5.74, 6) is 0. The Morgan fingerprint density at radius 3 is 1.51 bits per heavy atom. The van der Waals surface area contributed by atoms with Crippen LogP contribution in [-0.2, 0) is 31.5 Å². The predicted molar refractivity (Wildman–Crippen MR) is 237 cm³/mol. The molecule has 2 aliphatic carbocycles. The van der Waals surface area contributed by atoms with Crippen LogP contribution in [-0.4, -0.2) is 12.6 Å². The van der Waals surface area contributed by atoms with Crippen molar-refractivity contribution in [2.75, 3.05) is 0 Å². The van der Waals surface area contributed by atoms with Gasteiger partial charge in [0, 0.05) is 33.4 Å². The largest absolute Gasteiger partial charge is 0.253 e. The molecule has 0 saturated heterocycles. The minimum atomic E-state index is -3.81. The summed E-state index contributed by atoms with van der Waals surface area (Å²) >= 11 is 0. The first kappa shape index (κ1) is 36.3. The van der Waals surface area contributed by atoms with Crippen LogP contribution in [0.3, 0.4) is 0 Å². The highest BCUT2D eigenvalue weighted by atomic mass is 32.2. The van der Waals surface area contributed by atoms with Crippen molar-refractivity contribution in [2.45, 2.75) is 89.9 Å². The minimum Gasteiger partial charge on any atom is -0.242 e. The van der Waals surface area contributed by atoms with Crippen LogP contribution in [0.5, 0.6) is 0 Å². The number of benzene rings is 6. The van der Waals surface area contributed by atoms with E-state index in [0.717, 1.165) is 92.2 Å². The third-order valence-corrected chi connectivity index (χ3v) is 16.1. The first-order valence-electron chi connectivity index (χ1n) is 19.9. The van der Waals surface area contributed by atoms with Gasteiger partial charge in [-0.25, -0.2) is 12.6 Å². The highest BCUT2D eigenvalue weighted by Crippen LogP contribution is 2.52. The number of fused-ring (bicyclic) bond motifs is 9. The molecule has 6 aromatic rings. The van der Waals surface area contributed by atoms with Crippen molar-refractivity contribution in [3.05, 3.63) is 184 Å². The van der Waals surface area contributed by atoms with E-state index in [4.69, 9.17) is 0 Å². The smallest absolute Gasteiger partial charge is 0.242 e. The molecular weight excluding hydrogens is 737 g/mol. The van der Waals surface area contributed by atoms with Gasteiger partial charge >= 0.3 is 0 Å². The van der Waals surface area contributed by atoms with Crippen molar-refractivity contribution in [3.63, 3.8) is 0 Å². The van der Waals surface area contributed by atoms with Gasteiger partial charge in [-0.1, -0.05) is 102 Å². The van der Waals surface area contributed by atoms with Crippen LogP contribution in [0.1, 0.15) is 108 Å². The molecule has 0 fully saturated rings. The molecule has 0 saturated carbocycles. The van der Waals surface area contributed by atoms with E-state index >= 15 is 0 Å². The maximum atomic E-state index is 14.7. The third kappa shape index (κ3) is 4.94. The first-order chi connectivity index (χ1) is 26.9. The second-order valence-corrected chi connectivity index (χ2v) is 21.8. The third-order valence-electron chi connectivity index (χ3n) is 12.7. The summed E-state index contributed by atoms with van der Waals surface area (Å²) in [6.07, 6.45) is 0. The summed E-state index contributed by atoms with van der Waals surface area (Å²) in [5.41, 5.74) is 16.9. The molecule has 0 radical (unpaired) electrons. The van der Waals surface area contributed by atoms with E-state index in [-0.39, 0.29) is 10.8 Å². The fraction of sp³-hybridized carbons (Fsp3) is 0.231. The Labute approximate surface area is 338 Å². The molecule has 0 amide bonds. The Bertz CT molecular complexity index is 3200. The van der Waals surface area contributed by atoms with Crippen molar-refractivity contribution in [1.29, 1.82) is 0 Å². The van der Waals surface area contributed by atoms with Gasteiger partial charge in [0.2, 0.25) is 9.84 Å². The second kappa shape index (κ2) is 11.7. The molecule has 5 heteroatoms. The summed E-state index contributed by atoms with van der Waals surface area (Å²) < 4.78 is 41.7. The first-order valence-corrected chi connectivity index (χ1v) is 22.5. The molecule has 1 atom stereocenters. The SMILES string of the molecule is Cc1cc(C(C)(C)C)cc(C)c1C1=c2cc3cc4c(cc3cc2C2=C1S(=[OH+])c1ccccc12)=C(c1c(C)cc(C(C)(C)C)cc1C)C1=C4c2ccccc2S1(=O)=O. The zero-order chi connectivity index (χ0) is 40.2. The number of allylic oxidation sites excluding steroid dienone is 2. The Balaban J connectivity index is 1.33. The van der Waals surface area contributed by atoms with E-state index in [1.54, 1.807) is 6.07 Å². The van der Waals surface area contributed by atoms with Crippen LogP contribution in [0.15, 0.2) is 117 Å². The van der Waals surface area contributed by atoms with Crippen LogP contribution >= 0.6 is 0 Å². The second-order valence-electron chi connectivity index (χ2n) is 18.6. The molecule has 4 aliphatic rings. The van der Waals surface area contributed by atoms with Gasteiger partial charge in [0.1, 0.15) is 9.80 Å². The summed E-state index contributed by atoms with van der Waals surface area (Å²) in [6, 6.07) is 34.0. The van der Waals surface area contributed by atoms with Crippen LogP contribution in [0, 0.1) is 27.7 Å². The molecule has 1 unspecified atom stereocenters. The zero-order valence-electron chi connectivity index (χ0n) is 34.3. The van der Waals surface area contributed by atoms with E-state index in [9.17, 15) is 12.6 Å². The maximum Gasteiger partial charge on any atom is 0.253 e. The average Bonchev–Trinajstić information content (AvgIpc) is 3.80. The zero-order valence-corrected chi connectivity index (χ0v) is 36.0. The molecule has 0 bridgehead atoms. The van der Waals surface area contributed by atoms with Crippen molar-refractivity contribution in [3.8, 4) is 0 Å². The summed E-state index contributed by atoms with van der Waals surface area (Å²) in [6.45, 7) is 22.1. The van der Waals surface area contributed by atoms with E-state index in [1.165, 1.54) is 27.8 Å². The lowest BCUT2D eigenvalue weighted by molar-refractivity contribution is 0.589. The number of hydrogen-bond donors (Lipinski definition) is 0. The average molecular weight is 784 g/mol. The number of hydrogen-bond acceptors (Lipinski definition) is 2. The van der Waals surface area contributed by atoms with Crippen molar-refractivity contribution < 1.29 is 12.6 Å². The lowest BCUT2D eigenvalue weighted by Gasteiger charge is -2.23. The molecule has 2 heterocycles. The molecule has 0 aromatic heterocycles. The fourth-order valence-corrected chi connectivity index (χ4v) is 13.5. The normalized spacial score (nSPS) is 17.6. The fourth-order valence-electron chi connectivity index (χ4n) is 9.96. The Hall–Kier alpha value is -5.10. The van der Waals surface area contributed by atoms with Crippen molar-refractivity contribution in [1.82, 2.24) is 0 Å². The monoisotopic (exact) mass is 783 g/mol. The number of aryl methyl sites for hydroxylation is 4. The van der Waals surface area contributed by atoms with Gasteiger partial charge in [-0.3, -0.25) is 0 Å². The van der Waals surface area contributed by atoms with Crippen LogP contribution in [0.4, 0.5) is 0 Å². The van der Waals surface area contributed by atoms with E-state index in [0.29, 0.717) is 9.80 Å². The van der Waals surface area contributed by atoms with Gasteiger partial charge in [0.05, 0.1) is 9.80 Å². The van der Waals surface area contributed by atoms with E-state index < -0.39 is 20.6 Å². The standard InChI is InChI=1S/C52H46O3S2/c1-27-19-33(51(5,6)7)20-28(2)43(27)47-39-25-32-24-38-40(26-31(32)23-37(39)45-35-15-11-13-17-41(35)56(53)49(45)47)48(44-29(3)21-34(22-30(44)4)52(8,9)10)50-46(38)36-16-12-14-18-42(36)57(50,54)55/h11-26H,1-10H3/p+1. The molecule has 284 valence electrons. The Morgan fingerprint density at radius 2 is 0.965 bits per heavy atom. The van der Waals surface area contributed by atoms with Gasteiger partial charge in [0.15, 0.2) is 0 Å². The Kier molecular flexibility index (Phi) is 7.47. The highest BCUT2D eigenvalue weighted by Gasteiger charge is 2.44. The molecule has 3 nitrogen and oxygen atoms in total. The maximum absolute atomic E-state index is 14.7. The number of rotatable bonds is 2. The lowest BCUT2D eigenvalue weighted by atomic mass is 9.82. The van der Waals surface area contributed by atoms with E-state index in [2.05, 4.69) is 136 Å². The van der Waals surface area contributed by atoms with Crippen molar-refractivity contribution in [2.24, 2.45) is 0 Å². The van der Waals surface area contributed by atoms with Crippen LogP contribution in [0.25, 0.3) is 33.1 Å². The molecule has 2 aliphatic heterocycles.